The van der Waals surface area contributed by atoms with E-state index in [9.17, 15) is 0 Å². The van der Waals surface area contributed by atoms with Gasteiger partial charge in [0, 0.05) is 55.9 Å². The summed E-state index contributed by atoms with van der Waals surface area (Å²) in [5.41, 5.74) is 16.3. The van der Waals surface area contributed by atoms with Crippen LogP contribution in [0.25, 0.3) is 34.1 Å². The second kappa shape index (κ2) is 14.8. The minimum atomic E-state index is 0.0790. The van der Waals surface area contributed by atoms with Crippen molar-refractivity contribution >= 4 is 74.9 Å². The Labute approximate surface area is 403 Å². The average molecular weight is 896 g/mol. The summed E-state index contributed by atoms with van der Waals surface area (Å²) < 4.78 is 14.2. The first-order valence-corrected chi connectivity index (χ1v) is 25.8. The topological polar surface area (TPSA) is 36.0 Å². The van der Waals surface area contributed by atoms with Gasteiger partial charge in [-0.3, -0.25) is 0 Å². The normalized spacial score (nSPS) is 25.7. The van der Waals surface area contributed by atoms with Gasteiger partial charge in [-0.2, -0.15) is 0 Å². The maximum Gasteiger partial charge on any atom is 0.247 e. The van der Waals surface area contributed by atoms with Gasteiger partial charge in [0.15, 0.2) is 5.58 Å². The second-order valence-electron chi connectivity index (χ2n) is 24.4. The molecule has 0 fully saturated rings. The molecule has 0 bridgehead atoms. The van der Waals surface area contributed by atoms with Crippen LogP contribution in [0.5, 0.6) is 0 Å². The smallest absolute Gasteiger partial charge is 0.247 e. The van der Waals surface area contributed by atoms with Crippen molar-refractivity contribution in [2.45, 2.75) is 119 Å². The van der Waals surface area contributed by atoms with E-state index >= 15 is 0 Å². The lowest BCUT2D eigenvalue weighted by Gasteiger charge is -2.50. The molecule has 5 aromatic rings. The van der Waals surface area contributed by atoms with E-state index in [2.05, 4.69) is 205 Å². The number of fused-ring (bicyclic) bond motifs is 12. The van der Waals surface area contributed by atoms with Crippen LogP contribution in [0.3, 0.4) is 0 Å². The lowest BCUT2D eigenvalue weighted by molar-refractivity contribution is 0.262. The number of rotatable bonds is 4. The predicted octanol–water partition coefficient (Wildman–Crippen LogP) is 14.1. The molecule has 0 radical (unpaired) electrons. The third-order valence-corrected chi connectivity index (χ3v) is 17.3. The SMILES string of the molecule is CC(C)(C)C1C=CC(N(c2cc3c4c(c2)N2c5oc6ccccc6c5C5C=CC=C(B4C4=CCC(C(C)(C)C)C=C4N3c3cccc4c6c(oc34)=CCCC=6)C52)C2C=CC(C(C)(C)C)CC2)=CC1. The Morgan fingerprint density at radius 2 is 1.46 bits per heavy atom. The van der Waals surface area contributed by atoms with Gasteiger partial charge in [-0.15, -0.1) is 0 Å². The first-order chi connectivity index (χ1) is 32.6. The van der Waals surface area contributed by atoms with Crippen molar-refractivity contribution in [3.05, 3.63) is 154 Å². The molecule has 3 aliphatic heterocycles. The molecule has 344 valence electrons. The highest BCUT2D eigenvalue weighted by atomic mass is 16.4. The van der Waals surface area contributed by atoms with Crippen molar-refractivity contribution in [1.82, 2.24) is 0 Å². The second-order valence-corrected chi connectivity index (χ2v) is 24.4. The van der Waals surface area contributed by atoms with Gasteiger partial charge in [0.2, 0.25) is 12.6 Å². The van der Waals surface area contributed by atoms with Crippen LogP contribution in [0.2, 0.25) is 0 Å². The molecule has 6 unspecified atom stereocenters. The summed E-state index contributed by atoms with van der Waals surface area (Å²) in [5, 5.41) is 3.65. The molecule has 3 aromatic carbocycles. The van der Waals surface area contributed by atoms with Crippen LogP contribution >= 0.6 is 0 Å². The molecule has 8 aliphatic rings. The maximum atomic E-state index is 7.12. The third-order valence-electron chi connectivity index (χ3n) is 17.3. The van der Waals surface area contributed by atoms with E-state index in [0.29, 0.717) is 17.8 Å². The van der Waals surface area contributed by atoms with Crippen LogP contribution in [0.1, 0.15) is 112 Å². The molecule has 6 atom stereocenters. The summed E-state index contributed by atoms with van der Waals surface area (Å²) in [4.78, 5) is 7.98. The lowest BCUT2D eigenvalue weighted by atomic mass is 9.30. The standard InChI is InChI=1S/C62H66BN3O2/c1-60(2,3)37-24-29-40(30-25-37)64(41-31-26-38(27-32-41)61(4,5)6)42-35-51-56-52(36-42)66-57-46(55-45-17-11-13-23-54(45)68-59(55)66)19-14-20-48(57)63(56)47-33-28-39(62(7,8)9)34-50(47)65(51)49-21-15-18-44-43-16-10-12-22-53(43)67-58(44)49/h11,13-24,26,29-31,33-39,41,46,57H,10,12,25,27-28,32H2,1-9H3. The first-order valence-electron chi connectivity index (χ1n) is 25.8. The highest BCUT2D eigenvalue weighted by Crippen LogP contribution is 2.60. The fourth-order valence-corrected chi connectivity index (χ4v) is 13.4. The van der Waals surface area contributed by atoms with Crippen molar-refractivity contribution in [3.8, 4) is 0 Å². The van der Waals surface area contributed by atoms with Gasteiger partial charge in [-0.05, 0) is 120 Å². The van der Waals surface area contributed by atoms with Crippen LogP contribution < -0.4 is 30.8 Å². The predicted molar refractivity (Wildman–Crippen MR) is 286 cm³/mol. The number of benzene rings is 3. The molecular formula is C62H66BN3O2. The van der Waals surface area contributed by atoms with E-state index < -0.39 is 0 Å². The summed E-state index contributed by atoms with van der Waals surface area (Å²) in [6, 6.07) is 21.0. The maximum absolute atomic E-state index is 7.12. The van der Waals surface area contributed by atoms with Crippen molar-refractivity contribution in [2.24, 2.45) is 34.0 Å². The molecule has 0 spiro atoms. The number of allylic oxidation sites excluding steroid dienone is 9. The number of para-hydroxylation sites is 2. The molecular weight excluding hydrogens is 830 g/mol. The van der Waals surface area contributed by atoms with E-state index in [4.69, 9.17) is 8.83 Å². The van der Waals surface area contributed by atoms with E-state index in [1.165, 1.54) is 66.4 Å². The monoisotopic (exact) mass is 896 g/mol. The zero-order chi connectivity index (χ0) is 46.6. The highest BCUT2D eigenvalue weighted by Gasteiger charge is 2.56. The van der Waals surface area contributed by atoms with Gasteiger partial charge in [-0.25, -0.2) is 0 Å². The summed E-state index contributed by atoms with van der Waals surface area (Å²) in [6.07, 6.45) is 36.1. The molecule has 2 aromatic heterocycles. The van der Waals surface area contributed by atoms with Gasteiger partial charge in [0.05, 0.1) is 17.8 Å². The van der Waals surface area contributed by atoms with Gasteiger partial charge >= 0.3 is 0 Å². The first kappa shape index (κ1) is 42.2. The zero-order valence-corrected chi connectivity index (χ0v) is 41.6. The molecule has 5 nitrogen and oxygen atoms in total. The van der Waals surface area contributed by atoms with E-state index in [-0.39, 0.29) is 41.0 Å². The van der Waals surface area contributed by atoms with Crippen molar-refractivity contribution in [2.75, 3.05) is 14.7 Å². The van der Waals surface area contributed by atoms with Crippen molar-refractivity contribution in [1.29, 1.82) is 0 Å². The summed E-state index contributed by atoms with van der Waals surface area (Å²) in [7, 11) is 0. The third kappa shape index (κ3) is 6.27. The van der Waals surface area contributed by atoms with E-state index in [0.717, 1.165) is 66.7 Å². The van der Waals surface area contributed by atoms with Crippen molar-refractivity contribution in [3.63, 3.8) is 0 Å². The van der Waals surface area contributed by atoms with Crippen LogP contribution in [-0.2, 0) is 0 Å². The number of hydrogen-bond donors (Lipinski definition) is 0. The van der Waals surface area contributed by atoms with Crippen LogP contribution in [0, 0.1) is 34.0 Å². The summed E-state index contributed by atoms with van der Waals surface area (Å²) in [5.74, 6) is 2.54. The van der Waals surface area contributed by atoms with Crippen LogP contribution in [0.4, 0.5) is 28.6 Å². The number of nitrogens with zero attached hydrogens (tertiary/aromatic N) is 3. The van der Waals surface area contributed by atoms with Crippen molar-refractivity contribution < 1.29 is 8.83 Å². The van der Waals surface area contributed by atoms with Gasteiger partial charge < -0.3 is 23.5 Å². The molecule has 5 heterocycles. The molecule has 6 heteroatoms. The number of hydrogen-bond acceptors (Lipinski definition) is 5. The Balaban J connectivity index is 1.12. The largest absolute Gasteiger partial charge is 0.454 e. The molecule has 0 N–H and O–H groups in total. The molecule has 13 rings (SSSR count). The quantitative estimate of drug-likeness (QED) is 0.133. The van der Waals surface area contributed by atoms with E-state index in [1.54, 1.807) is 0 Å². The fraction of sp³-hybridized carbons (Fsp3) is 0.387. The van der Waals surface area contributed by atoms with E-state index in [1.807, 2.05) is 0 Å². The molecule has 0 saturated carbocycles. The van der Waals surface area contributed by atoms with Gasteiger partial charge in [0.1, 0.15) is 11.0 Å². The molecule has 68 heavy (non-hydrogen) atoms. The number of anilines is 5. The highest BCUT2D eigenvalue weighted by molar-refractivity contribution is 6.90. The molecule has 5 aliphatic carbocycles. The van der Waals surface area contributed by atoms with Gasteiger partial charge in [-0.1, -0.05) is 159 Å². The Hall–Kier alpha value is -5.88. The Bertz CT molecular complexity index is 3320. The van der Waals surface area contributed by atoms with Gasteiger partial charge in [0.25, 0.3) is 0 Å². The number of furan rings is 2. The minimum Gasteiger partial charge on any atom is -0.454 e. The Morgan fingerprint density at radius 3 is 2.22 bits per heavy atom. The summed E-state index contributed by atoms with van der Waals surface area (Å²) >= 11 is 0. The molecule has 0 amide bonds. The summed E-state index contributed by atoms with van der Waals surface area (Å²) in [6.45, 7) is 21.7. The Kier molecular flexibility index (Phi) is 9.20. The lowest BCUT2D eigenvalue weighted by Crippen LogP contribution is -2.57. The molecule has 0 saturated heterocycles. The minimum absolute atomic E-state index is 0.0790. The average Bonchev–Trinajstić information content (AvgIpc) is 3.99. The van der Waals surface area contributed by atoms with Crippen LogP contribution in [-0.4, -0.2) is 18.8 Å². The fourth-order valence-electron chi connectivity index (χ4n) is 13.4. The Morgan fingerprint density at radius 1 is 0.691 bits per heavy atom. The van der Waals surface area contributed by atoms with Crippen LogP contribution in [0.15, 0.2) is 147 Å². The zero-order valence-electron chi connectivity index (χ0n) is 41.6.